The van der Waals surface area contributed by atoms with Gasteiger partial charge in [-0.3, -0.25) is 0 Å². The number of carbonyl (C=O) groups is 1. The molecule has 0 saturated carbocycles. The van der Waals surface area contributed by atoms with Crippen LogP contribution in [0.2, 0.25) is 0 Å². The van der Waals surface area contributed by atoms with E-state index < -0.39 is 23.4 Å². The van der Waals surface area contributed by atoms with Crippen LogP contribution < -0.4 is 5.73 Å². The smallest absolute Gasteiger partial charge is 0.336 e. The molecule has 0 aromatic carbocycles. The lowest BCUT2D eigenvalue weighted by atomic mass is 10.2. The Kier molecular flexibility index (Phi) is 6.35. The Balaban J connectivity index is 3.69. The summed E-state index contributed by atoms with van der Waals surface area (Å²) in [4.78, 5) is 10.7. The number of nitrogens with two attached hydrogens (primary N) is 1. The van der Waals surface area contributed by atoms with Gasteiger partial charge in [0.25, 0.3) is 0 Å². The van der Waals surface area contributed by atoms with Gasteiger partial charge in [-0.05, 0) is 18.4 Å². The van der Waals surface area contributed by atoms with Crippen LogP contribution >= 0.6 is 11.8 Å². The van der Waals surface area contributed by atoms with Crippen LogP contribution in [0.3, 0.4) is 0 Å². The number of hydrogen-bond donors (Lipinski definition) is 1. The quantitative estimate of drug-likeness (QED) is 0.612. The second kappa shape index (κ2) is 6.41. The maximum Gasteiger partial charge on any atom is 0.336 e. The largest absolute Gasteiger partial charge is 0.740 e. The van der Waals surface area contributed by atoms with Gasteiger partial charge in [0.15, 0.2) is 0 Å². The first-order chi connectivity index (χ1) is 5.57. The average Bonchev–Trinajstić information content (AvgIpc) is 1.98. The molecule has 0 aliphatic rings. The molecule has 0 aliphatic heterocycles. The standard InChI is InChI=1S/C5H11NO4S2/c1-11-3-2-4(6)5(7)10-12(8)9/h4H,2-3,6H2,1H3,(H,8,9)/p-1/t4-/m0/s1. The Morgan fingerprint density at radius 1 is 1.83 bits per heavy atom. The van der Waals surface area contributed by atoms with Crippen LogP contribution in [-0.2, 0) is 20.3 Å². The number of hydrogen-bond acceptors (Lipinski definition) is 6. The lowest BCUT2D eigenvalue weighted by Crippen LogP contribution is -2.33. The van der Waals surface area contributed by atoms with Crippen LogP contribution in [0.15, 0.2) is 0 Å². The molecule has 0 aromatic heterocycles. The van der Waals surface area contributed by atoms with E-state index >= 15 is 0 Å². The molecule has 1 unspecified atom stereocenters. The predicted octanol–water partition coefficient (Wildman–Crippen LogP) is -0.596. The summed E-state index contributed by atoms with van der Waals surface area (Å²) in [5.41, 5.74) is 5.29. The van der Waals surface area contributed by atoms with E-state index in [0.29, 0.717) is 12.2 Å². The van der Waals surface area contributed by atoms with Crippen molar-refractivity contribution < 1.29 is 17.7 Å². The van der Waals surface area contributed by atoms with E-state index in [2.05, 4.69) is 4.18 Å². The van der Waals surface area contributed by atoms with Crippen molar-refractivity contribution in [3.63, 3.8) is 0 Å². The third-order valence-electron chi connectivity index (χ3n) is 1.09. The molecule has 0 fully saturated rings. The van der Waals surface area contributed by atoms with Crippen molar-refractivity contribution in [2.24, 2.45) is 5.73 Å². The van der Waals surface area contributed by atoms with Gasteiger partial charge in [-0.1, -0.05) is 0 Å². The average molecular weight is 212 g/mol. The first-order valence-corrected chi connectivity index (χ1v) is 5.53. The zero-order valence-corrected chi connectivity index (χ0v) is 8.15. The van der Waals surface area contributed by atoms with Crippen molar-refractivity contribution in [2.45, 2.75) is 12.5 Å². The van der Waals surface area contributed by atoms with Gasteiger partial charge in [0.1, 0.15) is 17.4 Å². The topological polar surface area (TPSA) is 92.5 Å². The van der Waals surface area contributed by atoms with Crippen LogP contribution in [-0.4, -0.2) is 32.8 Å². The first-order valence-electron chi connectivity index (χ1n) is 3.14. The van der Waals surface area contributed by atoms with Crippen molar-refractivity contribution in [3.8, 4) is 0 Å². The minimum atomic E-state index is -2.81. The Bertz CT molecular complexity index is 175. The molecule has 2 atom stereocenters. The van der Waals surface area contributed by atoms with Crippen molar-refractivity contribution >= 4 is 29.1 Å². The molecule has 0 bridgehead atoms. The fourth-order valence-corrected chi connectivity index (χ4v) is 1.24. The molecule has 0 aliphatic carbocycles. The highest BCUT2D eigenvalue weighted by molar-refractivity contribution is 7.98. The minimum absolute atomic E-state index is 0.414. The normalized spacial score (nSPS) is 15.2. The molecule has 72 valence electrons. The van der Waals surface area contributed by atoms with Crippen molar-refractivity contribution in [1.29, 1.82) is 0 Å². The molecule has 0 saturated heterocycles. The van der Waals surface area contributed by atoms with Crippen molar-refractivity contribution in [3.05, 3.63) is 0 Å². The van der Waals surface area contributed by atoms with Gasteiger partial charge >= 0.3 is 5.97 Å². The molecule has 0 spiro atoms. The Morgan fingerprint density at radius 3 is 2.83 bits per heavy atom. The zero-order valence-electron chi connectivity index (χ0n) is 6.52. The molecular weight excluding hydrogens is 202 g/mol. The predicted molar refractivity (Wildman–Crippen MR) is 46.0 cm³/mol. The summed E-state index contributed by atoms with van der Waals surface area (Å²) in [7, 11) is 0. The Hall–Kier alpha value is -0.110. The van der Waals surface area contributed by atoms with Crippen LogP contribution in [0.4, 0.5) is 0 Å². The molecule has 12 heavy (non-hydrogen) atoms. The summed E-state index contributed by atoms with van der Waals surface area (Å²) in [6, 6.07) is -0.852. The Morgan fingerprint density at radius 2 is 2.42 bits per heavy atom. The third kappa shape index (κ3) is 5.53. The summed E-state index contributed by atoms with van der Waals surface area (Å²) in [5.74, 6) is -0.209. The number of rotatable bonds is 5. The van der Waals surface area contributed by atoms with Crippen LogP contribution in [0.25, 0.3) is 0 Å². The lowest BCUT2D eigenvalue weighted by Gasteiger charge is -2.10. The van der Waals surface area contributed by atoms with E-state index in [1.807, 2.05) is 6.26 Å². The molecule has 0 aromatic rings. The molecule has 0 heterocycles. The van der Waals surface area contributed by atoms with E-state index in [1.54, 1.807) is 0 Å². The van der Waals surface area contributed by atoms with E-state index in [9.17, 15) is 13.6 Å². The summed E-state index contributed by atoms with van der Waals surface area (Å²) in [5, 5.41) is 0. The highest BCUT2D eigenvalue weighted by atomic mass is 32.2. The van der Waals surface area contributed by atoms with Gasteiger partial charge in [0.05, 0.1) is 0 Å². The lowest BCUT2D eigenvalue weighted by molar-refractivity contribution is -0.135. The van der Waals surface area contributed by atoms with Gasteiger partial charge in [0, 0.05) is 0 Å². The second-order valence-electron chi connectivity index (χ2n) is 1.99. The maximum absolute atomic E-state index is 10.7. The van der Waals surface area contributed by atoms with Crippen LogP contribution in [0.1, 0.15) is 6.42 Å². The monoisotopic (exact) mass is 212 g/mol. The van der Waals surface area contributed by atoms with E-state index in [0.717, 1.165) is 0 Å². The molecular formula is C5H10NO4S2-. The van der Waals surface area contributed by atoms with Gasteiger partial charge in [-0.15, -0.1) is 0 Å². The minimum Gasteiger partial charge on any atom is -0.740 e. The zero-order chi connectivity index (χ0) is 9.56. The second-order valence-corrected chi connectivity index (χ2v) is 3.55. The Labute approximate surface area is 77.5 Å². The van der Waals surface area contributed by atoms with Gasteiger partial charge < -0.3 is 14.5 Å². The van der Waals surface area contributed by atoms with Gasteiger partial charge in [-0.25, -0.2) is 9.00 Å². The summed E-state index contributed by atoms with van der Waals surface area (Å²) in [6.07, 6.45) is 2.28. The first kappa shape index (κ1) is 11.9. The van der Waals surface area contributed by atoms with E-state index in [4.69, 9.17) is 5.73 Å². The summed E-state index contributed by atoms with van der Waals surface area (Å²) < 4.78 is 23.6. The molecule has 0 rings (SSSR count). The fourth-order valence-electron chi connectivity index (χ4n) is 0.492. The SMILES string of the molecule is CSCC[C@H](N)C(=O)OS(=O)[O-]. The number of carbonyl (C=O) groups excluding carboxylic acids is 1. The molecule has 7 heteroatoms. The van der Waals surface area contributed by atoms with Crippen LogP contribution in [0.5, 0.6) is 0 Å². The van der Waals surface area contributed by atoms with Crippen molar-refractivity contribution in [2.75, 3.05) is 12.0 Å². The molecule has 0 amide bonds. The molecule has 0 radical (unpaired) electrons. The van der Waals surface area contributed by atoms with E-state index in [-0.39, 0.29) is 0 Å². The van der Waals surface area contributed by atoms with Gasteiger partial charge in [-0.2, -0.15) is 11.8 Å². The van der Waals surface area contributed by atoms with Crippen LogP contribution in [0, 0.1) is 0 Å². The third-order valence-corrected chi connectivity index (χ3v) is 2.03. The highest BCUT2D eigenvalue weighted by Gasteiger charge is 2.14. The molecule has 2 N–H and O–H groups in total. The molecule has 5 nitrogen and oxygen atoms in total. The van der Waals surface area contributed by atoms with Gasteiger partial charge in [0.2, 0.25) is 0 Å². The summed E-state index contributed by atoms with van der Waals surface area (Å²) in [6.45, 7) is 0. The van der Waals surface area contributed by atoms with E-state index in [1.165, 1.54) is 11.8 Å². The summed E-state index contributed by atoms with van der Waals surface area (Å²) >= 11 is -1.28. The number of thioether (sulfide) groups is 1. The van der Waals surface area contributed by atoms with Crippen molar-refractivity contribution in [1.82, 2.24) is 0 Å². The maximum atomic E-state index is 10.7. The highest BCUT2D eigenvalue weighted by Crippen LogP contribution is 2.00. The fraction of sp³-hybridized carbons (Fsp3) is 0.800.